The van der Waals surface area contributed by atoms with Crippen molar-refractivity contribution in [3.63, 3.8) is 0 Å². The maximum absolute atomic E-state index is 10.2. The molecule has 0 saturated heterocycles. The lowest BCUT2D eigenvalue weighted by Crippen LogP contribution is -2.02. The van der Waals surface area contributed by atoms with Gasteiger partial charge in [0.1, 0.15) is 5.75 Å². The van der Waals surface area contributed by atoms with E-state index < -0.39 is 6.10 Å². The molecule has 1 aromatic carbocycles. The maximum Gasteiger partial charge on any atom is 0.119 e. The van der Waals surface area contributed by atoms with E-state index in [0.29, 0.717) is 13.0 Å². The van der Waals surface area contributed by atoms with Gasteiger partial charge in [0, 0.05) is 17.5 Å². The number of aromatic nitrogens is 1. The van der Waals surface area contributed by atoms with Gasteiger partial charge in [0.2, 0.25) is 0 Å². The Hall–Kier alpha value is -1.39. The van der Waals surface area contributed by atoms with E-state index in [0.717, 1.165) is 22.0 Å². The number of nitrogens with zero attached hydrogens (tertiary/aromatic N) is 1. The molecule has 2 aromatic rings. The second-order valence-corrected chi connectivity index (χ2v) is 5.05. The van der Waals surface area contributed by atoms with Gasteiger partial charge in [-0.25, -0.2) is 4.98 Å². The highest BCUT2D eigenvalue weighted by Crippen LogP contribution is 2.23. The minimum atomic E-state index is -0.532. The van der Waals surface area contributed by atoms with Gasteiger partial charge in [-0.2, -0.15) is 0 Å². The SMILES string of the molecule is CCOc1cccc(C(O)Cc2nc(C)cs2)c1. The van der Waals surface area contributed by atoms with Crippen molar-refractivity contribution < 1.29 is 9.84 Å². The van der Waals surface area contributed by atoms with Crippen molar-refractivity contribution in [2.24, 2.45) is 0 Å². The molecule has 0 bridgehead atoms. The summed E-state index contributed by atoms with van der Waals surface area (Å²) in [4.78, 5) is 4.36. The second-order valence-electron chi connectivity index (χ2n) is 4.11. The normalized spacial score (nSPS) is 12.4. The topological polar surface area (TPSA) is 42.4 Å². The summed E-state index contributed by atoms with van der Waals surface area (Å²) in [6, 6.07) is 7.59. The summed E-state index contributed by atoms with van der Waals surface area (Å²) in [5, 5.41) is 13.1. The number of ether oxygens (including phenoxy) is 1. The third-order valence-electron chi connectivity index (χ3n) is 2.59. The lowest BCUT2D eigenvalue weighted by Gasteiger charge is -2.11. The van der Waals surface area contributed by atoms with Gasteiger partial charge in [-0.1, -0.05) is 12.1 Å². The minimum Gasteiger partial charge on any atom is -0.494 e. The molecule has 1 N–H and O–H groups in total. The number of benzene rings is 1. The Balaban J connectivity index is 2.08. The Morgan fingerprint density at radius 1 is 1.44 bits per heavy atom. The first kappa shape index (κ1) is 13.1. The fraction of sp³-hybridized carbons (Fsp3) is 0.357. The molecule has 0 fully saturated rings. The van der Waals surface area contributed by atoms with Gasteiger partial charge in [0.05, 0.1) is 17.7 Å². The molecule has 1 atom stereocenters. The predicted octanol–water partition coefficient (Wildman–Crippen LogP) is 3.13. The van der Waals surface area contributed by atoms with Crippen LogP contribution in [0, 0.1) is 6.92 Å². The fourth-order valence-electron chi connectivity index (χ4n) is 1.76. The van der Waals surface area contributed by atoms with Crippen LogP contribution in [0.25, 0.3) is 0 Å². The van der Waals surface area contributed by atoms with Crippen molar-refractivity contribution in [2.45, 2.75) is 26.4 Å². The molecule has 0 saturated carbocycles. The molecule has 2 rings (SSSR count). The van der Waals surface area contributed by atoms with Crippen LogP contribution in [-0.4, -0.2) is 16.7 Å². The molecule has 1 aromatic heterocycles. The van der Waals surface area contributed by atoms with Crippen molar-refractivity contribution in [1.29, 1.82) is 0 Å². The molecule has 0 aliphatic heterocycles. The molecule has 1 unspecified atom stereocenters. The number of aliphatic hydroxyl groups is 1. The number of hydrogen-bond acceptors (Lipinski definition) is 4. The van der Waals surface area contributed by atoms with E-state index >= 15 is 0 Å². The van der Waals surface area contributed by atoms with Crippen LogP contribution < -0.4 is 4.74 Å². The van der Waals surface area contributed by atoms with Crippen LogP contribution in [0.2, 0.25) is 0 Å². The zero-order valence-electron chi connectivity index (χ0n) is 10.6. The van der Waals surface area contributed by atoms with E-state index in [1.165, 1.54) is 0 Å². The summed E-state index contributed by atoms with van der Waals surface area (Å²) >= 11 is 1.58. The first-order chi connectivity index (χ1) is 8.69. The van der Waals surface area contributed by atoms with E-state index in [4.69, 9.17) is 4.74 Å². The third-order valence-corrected chi connectivity index (χ3v) is 3.58. The van der Waals surface area contributed by atoms with Gasteiger partial charge in [0.15, 0.2) is 0 Å². The van der Waals surface area contributed by atoms with E-state index in [1.54, 1.807) is 11.3 Å². The molecule has 0 amide bonds. The zero-order chi connectivity index (χ0) is 13.0. The minimum absolute atomic E-state index is 0.532. The van der Waals surface area contributed by atoms with E-state index in [1.807, 2.05) is 43.5 Å². The average molecular weight is 263 g/mol. The first-order valence-corrected chi connectivity index (χ1v) is 6.89. The zero-order valence-corrected chi connectivity index (χ0v) is 11.4. The predicted molar refractivity (Wildman–Crippen MR) is 73.1 cm³/mol. The van der Waals surface area contributed by atoms with E-state index in [9.17, 15) is 5.11 Å². The van der Waals surface area contributed by atoms with Crippen molar-refractivity contribution >= 4 is 11.3 Å². The Kier molecular flexibility index (Phi) is 4.33. The Morgan fingerprint density at radius 2 is 2.28 bits per heavy atom. The largest absolute Gasteiger partial charge is 0.494 e. The van der Waals surface area contributed by atoms with Crippen LogP contribution in [0.15, 0.2) is 29.6 Å². The summed E-state index contributed by atoms with van der Waals surface area (Å²) in [7, 11) is 0. The van der Waals surface area contributed by atoms with Gasteiger partial charge < -0.3 is 9.84 Å². The molecule has 0 spiro atoms. The van der Waals surface area contributed by atoms with Gasteiger partial charge in [-0.15, -0.1) is 11.3 Å². The van der Waals surface area contributed by atoms with Crippen molar-refractivity contribution in [1.82, 2.24) is 4.98 Å². The molecular formula is C14H17NO2S. The highest BCUT2D eigenvalue weighted by atomic mass is 32.1. The quantitative estimate of drug-likeness (QED) is 0.901. The first-order valence-electron chi connectivity index (χ1n) is 6.01. The Labute approximate surface area is 111 Å². The highest BCUT2D eigenvalue weighted by Gasteiger charge is 2.11. The van der Waals surface area contributed by atoms with Crippen LogP contribution >= 0.6 is 11.3 Å². The maximum atomic E-state index is 10.2. The molecule has 0 radical (unpaired) electrons. The molecule has 18 heavy (non-hydrogen) atoms. The third kappa shape index (κ3) is 3.31. The molecule has 0 aliphatic carbocycles. The Morgan fingerprint density at radius 3 is 2.94 bits per heavy atom. The van der Waals surface area contributed by atoms with Crippen LogP contribution in [0.5, 0.6) is 5.75 Å². The molecule has 96 valence electrons. The van der Waals surface area contributed by atoms with Crippen molar-refractivity contribution in [3.8, 4) is 5.75 Å². The summed E-state index contributed by atoms with van der Waals surface area (Å²) in [6.07, 6.45) is 0.0182. The van der Waals surface area contributed by atoms with Gasteiger partial charge >= 0.3 is 0 Å². The summed E-state index contributed by atoms with van der Waals surface area (Å²) in [6.45, 7) is 4.54. The number of aryl methyl sites for hydroxylation is 1. The van der Waals surface area contributed by atoms with Crippen molar-refractivity contribution in [2.75, 3.05) is 6.61 Å². The highest BCUT2D eigenvalue weighted by molar-refractivity contribution is 7.09. The molecule has 1 heterocycles. The van der Waals surface area contributed by atoms with Gasteiger partial charge in [0.25, 0.3) is 0 Å². The second kappa shape index (κ2) is 5.98. The van der Waals surface area contributed by atoms with Gasteiger partial charge in [-0.3, -0.25) is 0 Å². The van der Waals surface area contributed by atoms with Crippen LogP contribution in [0.1, 0.15) is 29.3 Å². The lowest BCUT2D eigenvalue weighted by atomic mass is 10.1. The number of aliphatic hydroxyl groups excluding tert-OH is 1. The molecule has 4 heteroatoms. The molecular weight excluding hydrogens is 246 g/mol. The molecule has 0 aliphatic rings. The summed E-state index contributed by atoms with van der Waals surface area (Å²) < 4.78 is 5.43. The average Bonchev–Trinajstić information content (AvgIpc) is 2.75. The summed E-state index contributed by atoms with van der Waals surface area (Å²) in [5.74, 6) is 0.796. The van der Waals surface area contributed by atoms with Crippen LogP contribution in [0.4, 0.5) is 0 Å². The van der Waals surface area contributed by atoms with E-state index in [2.05, 4.69) is 4.98 Å². The molecule has 3 nitrogen and oxygen atoms in total. The number of hydrogen-bond donors (Lipinski definition) is 1. The van der Waals surface area contributed by atoms with Crippen molar-refractivity contribution in [3.05, 3.63) is 45.9 Å². The number of rotatable bonds is 5. The van der Waals surface area contributed by atoms with Crippen LogP contribution in [-0.2, 0) is 6.42 Å². The fourth-order valence-corrected chi connectivity index (χ4v) is 2.57. The Bertz CT molecular complexity index is 510. The van der Waals surface area contributed by atoms with Gasteiger partial charge in [-0.05, 0) is 31.5 Å². The summed E-state index contributed by atoms with van der Waals surface area (Å²) in [5.41, 5.74) is 1.87. The monoisotopic (exact) mass is 263 g/mol. The van der Waals surface area contributed by atoms with E-state index in [-0.39, 0.29) is 0 Å². The smallest absolute Gasteiger partial charge is 0.119 e. The lowest BCUT2D eigenvalue weighted by molar-refractivity contribution is 0.177. The van der Waals surface area contributed by atoms with Crippen LogP contribution in [0.3, 0.4) is 0 Å². The standard InChI is InChI=1S/C14H17NO2S/c1-3-17-12-6-4-5-11(7-12)13(16)8-14-15-10(2)9-18-14/h4-7,9,13,16H,3,8H2,1-2H3. The number of thiazole rings is 1.